The molecule has 3 N–H and O–H groups in total. The predicted octanol–water partition coefficient (Wildman–Crippen LogP) is 3.75. The minimum Gasteiger partial charge on any atom is -0.508 e. The number of unbranched alkanes of at least 4 members (excludes halogenated alkanes) is 4. The molecule has 0 fully saturated rings. The second kappa shape index (κ2) is 14.2. The number of carbonyl (C=O) groups is 1. The quantitative estimate of drug-likeness (QED) is 0.595. The van der Waals surface area contributed by atoms with Crippen LogP contribution < -0.4 is 5.73 Å². The summed E-state index contributed by atoms with van der Waals surface area (Å²) in [6.45, 7) is 7.15. The molecule has 2 rings (SSSR count). The van der Waals surface area contributed by atoms with Gasteiger partial charge in [0.25, 0.3) is 0 Å². The largest absolute Gasteiger partial charge is 0.508 e. The van der Waals surface area contributed by atoms with Crippen molar-refractivity contribution in [1.29, 1.82) is 0 Å². The van der Waals surface area contributed by atoms with Crippen LogP contribution in [0, 0.1) is 0 Å². The Balaban J connectivity index is 0.000000952. The molecular weight excluding hydrogens is 304 g/mol. The molecule has 0 aliphatic rings. The highest BCUT2D eigenvalue weighted by molar-refractivity contribution is 5.58. The fourth-order valence-electron chi connectivity index (χ4n) is 2.05. The van der Waals surface area contributed by atoms with Gasteiger partial charge in [-0.3, -0.25) is 9.48 Å². The summed E-state index contributed by atoms with van der Waals surface area (Å²) in [6, 6.07) is 7.04. The number of aromatic nitrogens is 3. The van der Waals surface area contributed by atoms with Gasteiger partial charge in [0.05, 0.1) is 6.20 Å². The van der Waals surface area contributed by atoms with Crippen molar-refractivity contribution >= 4 is 6.41 Å². The third-order valence-electron chi connectivity index (χ3n) is 3.19. The van der Waals surface area contributed by atoms with Gasteiger partial charge in [0.1, 0.15) is 11.4 Å². The summed E-state index contributed by atoms with van der Waals surface area (Å²) in [5.41, 5.74) is 6.00. The van der Waals surface area contributed by atoms with Crippen molar-refractivity contribution in [3.63, 3.8) is 0 Å². The van der Waals surface area contributed by atoms with Gasteiger partial charge in [-0.2, -0.15) is 0 Å². The first-order valence-corrected chi connectivity index (χ1v) is 8.56. The lowest BCUT2D eigenvalue weighted by atomic mass is 10.1. The number of phenols is 1. The maximum atomic E-state index is 9.25. The van der Waals surface area contributed by atoms with E-state index in [1.54, 1.807) is 12.1 Å². The van der Waals surface area contributed by atoms with Crippen LogP contribution in [0.2, 0.25) is 0 Å². The normalized spacial score (nSPS) is 9.29. The second-order valence-electron chi connectivity index (χ2n) is 4.96. The van der Waals surface area contributed by atoms with Gasteiger partial charge in [0.15, 0.2) is 0 Å². The second-order valence-corrected chi connectivity index (χ2v) is 4.96. The van der Waals surface area contributed by atoms with Crippen LogP contribution >= 0.6 is 0 Å². The molecule has 134 valence electrons. The van der Waals surface area contributed by atoms with Gasteiger partial charge in [-0.15, -0.1) is 5.10 Å². The van der Waals surface area contributed by atoms with E-state index in [4.69, 9.17) is 4.79 Å². The number of benzene rings is 1. The number of rotatable bonds is 7. The average molecular weight is 334 g/mol. The van der Waals surface area contributed by atoms with Crippen LogP contribution in [0.15, 0.2) is 30.5 Å². The number of aromatic hydroxyl groups is 1. The molecule has 6 heteroatoms. The minimum atomic E-state index is 0.250. The zero-order chi connectivity index (χ0) is 18.2. The molecule has 0 aliphatic heterocycles. The number of nitrogens with zero attached hydrogens (tertiary/aromatic N) is 3. The Morgan fingerprint density at radius 3 is 2.29 bits per heavy atom. The van der Waals surface area contributed by atoms with Gasteiger partial charge in [-0.25, -0.2) is 0 Å². The van der Waals surface area contributed by atoms with Gasteiger partial charge in [0, 0.05) is 12.1 Å². The van der Waals surface area contributed by atoms with Gasteiger partial charge >= 0.3 is 0 Å². The number of primary amides is 1. The van der Waals surface area contributed by atoms with E-state index in [9.17, 15) is 5.11 Å². The number of amides is 1. The lowest BCUT2D eigenvalue weighted by molar-refractivity contribution is -0.106. The summed E-state index contributed by atoms with van der Waals surface area (Å²) >= 11 is 0. The molecule has 6 nitrogen and oxygen atoms in total. The summed E-state index contributed by atoms with van der Waals surface area (Å²) in [5.74, 6) is 0.270. The molecule has 1 aromatic carbocycles. The third kappa shape index (κ3) is 8.92. The van der Waals surface area contributed by atoms with E-state index in [2.05, 4.69) is 23.0 Å². The summed E-state index contributed by atoms with van der Waals surface area (Å²) in [6.07, 6.45) is 8.51. The molecule has 0 bridgehead atoms. The van der Waals surface area contributed by atoms with Crippen LogP contribution in [0.25, 0.3) is 11.3 Å². The van der Waals surface area contributed by atoms with E-state index in [1.807, 2.05) is 36.9 Å². The van der Waals surface area contributed by atoms with Gasteiger partial charge in [-0.05, 0) is 30.7 Å². The Morgan fingerprint density at radius 2 is 1.71 bits per heavy atom. The first kappa shape index (κ1) is 21.6. The van der Waals surface area contributed by atoms with E-state index < -0.39 is 0 Å². The Kier molecular flexibility index (Phi) is 12.8. The number of phenolic OH excluding ortho intramolecular Hbond substituents is 1. The molecule has 1 heterocycles. The van der Waals surface area contributed by atoms with Crippen LogP contribution in [0.3, 0.4) is 0 Å². The molecular formula is C18H30N4O2. The van der Waals surface area contributed by atoms with Crippen molar-refractivity contribution in [1.82, 2.24) is 15.0 Å². The SMILES string of the molecule is CC.CCCCCCCn1cc(-c2ccc(O)cc2)nn1.NC=O. The molecule has 0 atom stereocenters. The van der Waals surface area contributed by atoms with E-state index in [-0.39, 0.29) is 12.2 Å². The molecule has 1 amide bonds. The maximum absolute atomic E-state index is 9.25. The van der Waals surface area contributed by atoms with E-state index in [0.29, 0.717) is 0 Å². The lowest BCUT2D eigenvalue weighted by Crippen LogP contribution is -1.98. The first-order valence-electron chi connectivity index (χ1n) is 8.56. The fourth-order valence-corrected chi connectivity index (χ4v) is 2.05. The molecule has 0 saturated heterocycles. The third-order valence-corrected chi connectivity index (χ3v) is 3.19. The monoisotopic (exact) mass is 334 g/mol. The van der Waals surface area contributed by atoms with E-state index in [1.165, 1.54) is 25.7 Å². The topological polar surface area (TPSA) is 94.0 Å². The van der Waals surface area contributed by atoms with Crippen molar-refractivity contribution < 1.29 is 9.90 Å². The first-order chi connectivity index (χ1) is 11.7. The fraction of sp³-hybridized carbons (Fsp3) is 0.500. The van der Waals surface area contributed by atoms with Gasteiger partial charge < -0.3 is 10.8 Å². The van der Waals surface area contributed by atoms with Crippen LogP contribution in [0.5, 0.6) is 5.75 Å². The molecule has 24 heavy (non-hydrogen) atoms. The molecule has 0 saturated carbocycles. The van der Waals surface area contributed by atoms with Crippen molar-refractivity contribution in [3.05, 3.63) is 30.5 Å². The molecule has 0 unspecified atom stereocenters. The zero-order valence-corrected chi connectivity index (χ0v) is 15.0. The summed E-state index contributed by atoms with van der Waals surface area (Å²) < 4.78 is 1.90. The van der Waals surface area contributed by atoms with Gasteiger partial charge in [0.2, 0.25) is 6.41 Å². The highest BCUT2D eigenvalue weighted by Crippen LogP contribution is 2.19. The highest BCUT2D eigenvalue weighted by atomic mass is 16.3. The Morgan fingerprint density at radius 1 is 1.12 bits per heavy atom. The Labute approximate surface area is 144 Å². The van der Waals surface area contributed by atoms with E-state index in [0.717, 1.165) is 24.2 Å². The standard InChI is InChI=1S/C15H21N3O.C2H6.CH3NO/c1-2-3-4-5-6-11-18-12-15(16-17-18)13-7-9-14(19)10-8-13;1-2;2-1-3/h7-10,12,19H,2-6,11H2,1H3;1-2H3;1H,(H2,2,3). The van der Waals surface area contributed by atoms with Gasteiger partial charge in [-0.1, -0.05) is 51.7 Å². The predicted molar refractivity (Wildman–Crippen MR) is 97.5 cm³/mol. The highest BCUT2D eigenvalue weighted by Gasteiger charge is 2.03. The maximum Gasteiger partial charge on any atom is 0.204 e. The molecule has 0 aliphatic carbocycles. The number of hydrogen-bond acceptors (Lipinski definition) is 4. The van der Waals surface area contributed by atoms with Crippen molar-refractivity contribution in [2.45, 2.75) is 59.4 Å². The van der Waals surface area contributed by atoms with Crippen LogP contribution in [-0.4, -0.2) is 26.5 Å². The van der Waals surface area contributed by atoms with Crippen molar-refractivity contribution in [3.8, 4) is 17.0 Å². The lowest BCUT2D eigenvalue weighted by Gasteiger charge is -2.00. The number of aryl methyl sites for hydroxylation is 1. The number of hydrogen-bond donors (Lipinski definition) is 2. The van der Waals surface area contributed by atoms with Crippen molar-refractivity contribution in [2.24, 2.45) is 5.73 Å². The zero-order valence-electron chi connectivity index (χ0n) is 15.0. The number of carbonyl (C=O) groups excluding carboxylic acids is 1. The smallest absolute Gasteiger partial charge is 0.204 e. The molecule has 0 spiro atoms. The summed E-state index contributed by atoms with van der Waals surface area (Å²) in [5, 5.41) is 17.6. The van der Waals surface area contributed by atoms with Crippen LogP contribution in [0.1, 0.15) is 52.9 Å². The molecule has 2 aromatic rings. The van der Waals surface area contributed by atoms with Crippen LogP contribution in [0.4, 0.5) is 0 Å². The minimum absolute atomic E-state index is 0.250. The summed E-state index contributed by atoms with van der Waals surface area (Å²) in [7, 11) is 0. The number of nitrogens with two attached hydrogens (primary N) is 1. The Hall–Kier alpha value is -2.37. The molecule has 1 aromatic heterocycles. The molecule has 0 radical (unpaired) electrons. The summed E-state index contributed by atoms with van der Waals surface area (Å²) in [4.78, 5) is 8.58. The average Bonchev–Trinajstić information content (AvgIpc) is 3.07. The Bertz CT molecular complexity index is 538. The van der Waals surface area contributed by atoms with Crippen LogP contribution in [-0.2, 0) is 11.3 Å². The van der Waals surface area contributed by atoms with Crippen molar-refractivity contribution in [2.75, 3.05) is 0 Å². The van der Waals surface area contributed by atoms with E-state index >= 15 is 0 Å².